The maximum Gasteiger partial charge on any atom is 0.418 e. The summed E-state index contributed by atoms with van der Waals surface area (Å²) in [5.74, 6) is 0. The Morgan fingerprint density at radius 2 is 1.35 bits per heavy atom. The number of alkyl halides is 7. The molecule has 0 saturated carbocycles. The lowest BCUT2D eigenvalue weighted by molar-refractivity contribution is -0.162. The van der Waals surface area contributed by atoms with Crippen LogP contribution in [0.2, 0.25) is 0 Å². The Labute approximate surface area is 109 Å². The molecule has 17 heavy (non-hydrogen) atoms. The maximum atomic E-state index is 12.7. The monoisotopic (exact) mass is 384 g/mol. The summed E-state index contributed by atoms with van der Waals surface area (Å²) in [6.07, 6.45) is -10.1. The Bertz CT molecular complexity index is 421. The SMILES string of the molecule is FC(F)(F)c1c(Br)ccc(CBr)c1C(F)(F)F. The molecule has 0 bridgehead atoms. The second-order valence-corrected chi connectivity index (χ2v) is 4.50. The summed E-state index contributed by atoms with van der Waals surface area (Å²) in [7, 11) is 0. The van der Waals surface area contributed by atoms with Gasteiger partial charge in [-0.2, -0.15) is 26.3 Å². The largest absolute Gasteiger partial charge is 0.418 e. The second-order valence-electron chi connectivity index (χ2n) is 3.09. The van der Waals surface area contributed by atoms with E-state index in [4.69, 9.17) is 0 Å². The molecule has 1 aromatic rings. The molecule has 0 spiro atoms. The molecule has 0 nitrogen and oxygen atoms in total. The third-order valence-corrected chi connectivity index (χ3v) is 3.22. The highest BCUT2D eigenvalue weighted by molar-refractivity contribution is 9.10. The maximum absolute atomic E-state index is 12.7. The van der Waals surface area contributed by atoms with Crippen molar-refractivity contribution in [1.29, 1.82) is 0 Å². The molecule has 0 aliphatic rings. The van der Waals surface area contributed by atoms with Crippen molar-refractivity contribution in [3.63, 3.8) is 0 Å². The predicted molar refractivity (Wildman–Crippen MR) is 56.8 cm³/mol. The van der Waals surface area contributed by atoms with Gasteiger partial charge in [-0.05, 0) is 11.6 Å². The molecule has 0 amide bonds. The predicted octanol–water partition coefficient (Wildman–Crippen LogP) is 5.38. The Morgan fingerprint density at radius 3 is 1.71 bits per heavy atom. The van der Waals surface area contributed by atoms with Crippen molar-refractivity contribution < 1.29 is 26.3 Å². The minimum absolute atomic E-state index is 0.307. The topological polar surface area (TPSA) is 0 Å². The Hall–Kier alpha value is -0.240. The molecule has 0 radical (unpaired) electrons. The van der Waals surface area contributed by atoms with Crippen LogP contribution in [0, 0.1) is 0 Å². The highest BCUT2D eigenvalue weighted by Gasteiger charge is 2.46. The molecular formula is C9H4Br2F6. The van der Waals surface area contributed by atoms with Crippen molar-refractivity contribution in [2.24, 2.45) is 0 Å². The zero-order valence-corrected chi connectivity index (χ0v) is 11.1. The normalized spacial score (nSPS) is 12.9. The van der Waals surface area contributed by atoms with Crippen molar-refractivity contribution in [1.82, 2.24) is 0 Å². The summed E-state index contributed by atoms with van der Waals surface area (Å²) in [4.78, 5) is 0. The minimum Gasteiger partial charge on any atom is -0.166 e. The van der Waals surface area contributed by atoms with Gasteiger partial charge in [0.15, 0.2) is 0 Å². The minimum atomic E-state index is -5.07. The molecule has 0 heterocycles. The van der Waals surface area contributed by atoms with Gasteiger partial charge in [0.25, 0.3) is 0 Å². The number of hydrogen-bond donors (Lipinski definition) is 0. The lowest BCUT2D eigenvalue weighted by Crippen LogP contribution is -2.19. The number of benzene rings is 1. The average Bonchev–Trinajstić information content (AvgIpc) is 2.13. The Kier molecular flexibility index (Phi) is 4.18. The molecule has 0 aromatic heterocycles. The Balaban J connectivity index is 3.67. The van der Waals surface area contributed by atoms with Crippen LogP contribution < -0.4 is 0 Å². The molecule has 0 aliphatic heterocycles. The van der Waals surface area contributed by atoms with E-state index in [-0.39, 0.29) is 5.33 Å². The molecule has 0 aliphatic carbocycles. The quantitative estimate of drug-likeness (QED) is 0.449. The molecule has 1 rings (SSSR count). The molecule has 8 heteroatoms. The molecule has 0 N–H and O–H groups in total. The first-order chi connectivity index (χ1) is 7.59. The van der Waals surface area contributed by atoms with Gasteiger partial charge in [-0.1, -0.05) is 37.9 Å². The summed E-state index contributed by atoms with van der Waals surface area (Å²) >= 11 is 5.25. The van der Waals surface area contributed by atoms with Crippen LogP contribution in [-0.2, 0) is 17.7 Å². The number of hydrogen-bond acceptors (Lipinski definition) is 0. The summed E-state index contributed by atoms with van der Waals surface area (Å²) < 4.78 is 75.2. The van der Waals surface area contributed by atoms with Crippen LogP contribution in [-0.4, -0.2) is 0 Å². The fourth-order valence-electron chi connectivity index (χ4n) is 1.33. The van der Waals surface area contributed by atoms with Crippen LogP contribution in [0.1, 0.15) is 16.7 Å². The van der Waals surface area contributed by atoms with E-state index in [0.29, 0.717) is 0 Å². The van der Waals surface area contributed by atoms with Gasteiger partial charge in [-0.3, -0.25) is 0 Å². The van der Waals surface area contributed by atoms with Gasteiger partial charge in [0.2, 0.25) is 0 Å². The number of halogens is 8. The number of rotatable bonds is 1. The summed E-state index contributed by atoms with van der Waals surface area (Å²) in [5, 5.41) is -0.307. The molecule has 0 unspecified atom stereocenters. The van der Waals surface area contributed by atoms with E-state index in [0.717, 1.165) is 12.1 Å². The third kappa shape index (κ3) is 3.15. The lowest BCUT2D eigenvalue weighted by atomic mass is 10.0. The molecule has 0 atom stereocenters. The van der Waals surface area contributed by atoms with Crippen LogP contribution in [0.4, 0.5) is 26.3 Å². The van der Waals surface area contributed by atoms with Gasteiger partial charge in [0.05, 0.1) is 11.1 Å². The zero-order valence-electron chi connectivity index (χ0n) is 7.89. The lowest BCUT2D eigenvalue weighted by Gasteiger charge is -2.19. The Morgan fingerprint density at radius 1 is 0.882 bits per heavy atom. The molecule has 96 valence electrons. The van der Waals surface area contributed by atoms with E-state index in [2.05, 4.69) is 31.9 Å². The molecule has 0 fully saturated rings. The van der Waals surface area contributed by atoms with Gasteiger partial charge >= 0.3 is 12.4 Å². The molecule has 0 saturated heterocycles. The van der Waals surface area contributed by atoms with E-state index >= 15 is 0 Å². The molecule has 1 aromatic carbocycles. The van der Waals surface area contributed by atoms with Gasteiger partial charge in [-0.25, -0.2) is 0 Å². The zero-order chi connectivity index (χ0) is 13.4. The van der Waals surface area contributed by atoms with Gasteiger partial charge in [-0.15, -0.1) is 0 Å². The second kappa shape index (κ2) is 4.79. The van der Waals surface area contributed by atoms with Crippen LogP contribution in [0.3, 0.4) is 0 Å². The smallest absolute Gasteiger partial charge is 0.166 e. The first kappa shape index (κ1) is 14.8. The average molecular weight is 386 g/mol. The van der Waals surface area contributed by atoms with E-state index in [1.807, 2.05) is 0 Å². The van der Waals surface area contributed by atoms with E-state index in [9.17, 15) is 26.3 Å². The van der Waals surface area contributed by atoms with Gasteiger partial charge in [0, 0.05) is 9.80 Å². The third-order valence-electron chi connectivity index (χ3n) is 1.95. The van der Waals surface area contributed by atoms with Crippen LogP contribution in [0.25, 0.3) is 0 Å². The highest BCUT2D eigenvalue weighted by atomic mass is 79.9. The van der Waals surface area contributed by atoms with Crippen molar-refractivity contribution in [2.45, 2.75) is 17.7 Å². The fraction of sp³-hybridized carbons (Fsp3) is 0.333. The summed E-state index contributed by atoms with van der Waals surface area (Å²) in [6.45, 7) is 0. The molecular weight excluding hydrogens is 382 g/mol. The van der Waals surface area contributed by atoms with Crippen LogP contribution in [0.5, 0.6) is 0 Å². The van der Waals surface area contributed by atoms with E-state index < -0.39 is 33.5 Å². The van der Waals surface area contributed by atoms with Crippen molar-refractivity contribution >= 4 is 31.9 Å². The first-order valence-electron chi connectivity index (χ1n) is 4.10. The van der Waals surface area contributed by atoms with Crippen molar-refractivity contribution in [2.75, 3.05) is 0 Å². The first-order valence-corrected chi connectivity index (χ1v) is 6.02. The van der Waals surface area contributed by atoms with Crippen molar-refractivity contribution in [3.05, 3.63) is 33.3 Å². The van der Waals surface area contributed by atoms with Gasteiger partial charge in [0.1, 0.15) is 0 Å². The standard InChI is InChI=1S/C9H4Br2F6/c10-3-4-1-2-5(11)7(9(15,16)17)6(4)8(12,13)14/h1-2H,3H2. The highest BCUT2D eigenvalue weighted by Crippen LogP contribution is 2.45. The summed E-state index contributed by atoms with van der Waals surface area (Å²) in [5.41, 5.74) is -3.80. The van der Waals surface area contributed by atoms with Crippen LogP contribution in [0.15, 0.2) is 16.6 Å². The van der Waals surface area contributed by atoms with Crippen molar-refractivity contribution in [3.8, 4) is 0 Å². The van der Waals surface area contributed by atoms with Gasteiger partial charge < -0.3 is 0 Å². The van der Waals surface area contributed by atoms with E-state index in [1.165, 1.54) is 0 Å². The fourth-order valence-corrected chi connectivity index (χ4v) is 2.36. The van der Waals surface area contributed by atoms with E-state index in [1.54, 1.807) is 0 Å². The summed E-state index contributed by atoms with van der Waals surface area (Å²) in [6, 6.07) is 1.95. The van der Waals surface area contributed by atoms with Crippen LogP contribution >= 0.6 is 31.9 Å².